The Labute approximate surface area is 95.1 Å². The molecule has 0 saturated heterocycles. The van der Waals surface area contributed by atoms with Crippen LogP contribution in [-0.2, 0) is 0 Å². The summed E-state index contributed by atoms with van der Waals surface area (Å²) < 4.78 is 18.8. The van der Waals surface area contributed by atoms with Crippen LogP contribution < -0.4 is 4.74 Å². The van der Waals surface area contributed by atoms with Gasteiger partial charge in [0, 0.05) is 5.56 Å². The van der Waals surface area contributed by atoms with Crippen LogP contribution in [0.5, 0.6) is 11.5 Å². The lowest BCUT2D eigenvalue weighted by Crippen LogP contribution is -2.07. The van der Waals surface area contributed by atoms with Gasteiger partial charge < -0.3 is 9.84 Å². The molecule has 3 heteroatoms. The molecular weight excluding hydrogens is 207 g/mol. The van der Waals surface area contributed by atoms with Gasteiger partial charge in [-0.25, -0.2) is 4.39 Å². The molecule has 1 aromatic rings. The van der Waals surface area contributed by atoms with E-state index in [0.29, 0.717) is 11.3 Å². The number of ether oxygens (including phenoxy) is 1. The normalized spacial score (nSPS) is 17.4. The van der Waals surface area contributed by atoms with E-state index >= 15 is 0 Å². The Kier molecular flexibility index (Phi) is 3.32. The van der Waals surface area contributed by atoms with E-state index in [0.717, 1.165) is 25.7 Å². The van der Waals surface area contributed by atoms with Crippen LogP contribution in [0.2, 0.25) is 0 Å². The maximum atomic E-state index is 13.7. The number of methoxy groups -OCH3 is 1. The predicted octanol–water partition coefficient (Wildman–Crippen LogP) is 3.59. The van der Waals surface area contributed by atoms with Crippen molar-refractivity contribution >= 4 is 0 Å². The van der Waals surface area contributed by atoms with Crippen molar-refractivity contribution < 1.29 is 14.2 Å². The van der Waals surface area contributed by atoms with Gasteiger partial charge in [-0.05, 0) is 30.9 Å². The van der Waals surface area contributed by atoms with Crippen molar-refractivity contribution in [2.24, 2.45) is 0 Å². The second-order valence-corrected chi connectivity index (χ2v) is 4.35. The molecule has 0 aliphatic heterocycles. The number of rotatable bonds is 2. The number of hydrogen-bond acceptors (Lipinski definition) is 2. The summed E-state index contributed by atoms with van der Waals surface area (Å²) >= 11 is 0. The number of aromatic hydroxyl groups is 1. The second-order valence-electron chi connectivity index (χ2n) is 4.35. The number of halogens is 1. The van der Waals surface area contributed by atoms with Crippen molar-refractivity contribution in [1.29, 1.82) is 0 Å². The third-order valence-electron chi connectivity index (χ3n) is 3.36. The number of phenolic OH excluding ortho intramolecular Hbond substituents is 1. The Hall–Kier alpha value is -1.25. The van der Waals surface area contributed by atoms with E-state index < -0.39 is 0 Å². The second kappa shape index (κ2) is 4.73. The van der Waals surface area contributed by atoms with Crippen LogP contribution in [0.15, 0.2) is 12.1 Å². The van der Waals surface area contributed by atoms with Gasteiger partial charge in [-0.2, -0.15) is 0 Å². The molecule has 2 rings (SSSR count). The summed E-state index contributed by atoms with van der Waals surface area (Å²) in [6.07, 6.45) is 5.35. The number of benzene rings is 1. The van der Waals surface area contributed by atoms with Gasteiger partial charge in [0.15, 0.2) is 11.5 Å². The molecule has 0 unspecified atom stereocenters. The summed E-state index contributed by atoms with van der Waals surface area (Å²) in [4.78, 5) is 0. The molecule has 0 radical (unpaired) electrons. The quantitative estimate of drug-likeness (QED) is 0.831. The van der Waals surface area contributed by atoms with E-state index in [2.05, 4.69) is 0 Å². The van der Waals surface area contributed by atoms with E-state index in [1.54, 1.807) is 0 Å². The molecule has 0 aromatic heterocycles. The first-order valence-corrected chi connectivity index (χ1v) is 5.79. The molecule has 1 aliphatic rings. The van der Waals surface area contributed by atoms with Gasteiger partial charge in [0.1, 0.15) is 5.82 Å². The highest BCUT2D eigenvalue weighted by Gasteiger charge is 2.24. The zero-order chi connectivity index (χ0) is 11.5. The van der Waals surface area contributed by atoms with Gasteiger partial charge in [0.05, 0.1) is 7.11 Å². The maximum Gasteiger partial charge on any atom is 0.164 e. The zero-order valence-electron chi connectivity index (χ0n) is 9.50. The predicted molar refractivity (Wildman–Crippen MR) is 60.4 cm³/mol. The molecule has 1 aliphatic carbocycles. The molecule has 1 fully saturated rings. The fourth-order valence-electron chi connectivity index (χ4n) is 2.51. The van der Waals surface area contributed by atoms with Crippen molar-refractivity contribution in [2.45, 2.75) is 38.0 Å². The Morgan fingerprint density at radius 2 is 1.94 bits per heavy atom. The molecular formula is C13H17FO2. The highest BCUT2D eigenvalue weighted by Crippen LogP contribution is 2.42. The van der Waals surface area contributed by atoms with E-state index in [1.165, 1.54) is 25.7 Å². The third-order valence-corrected chi connectivity index (χ3v) is 3.36. The molecule has 16 heavy (non-hydrogen) atoms. The standard InChI is InChI=1S/C13H17FO2/c1-16-11-8-7-10(14)12(13(11)15)9-5-3-2-4-6-9/h7-9,15H,2-6H2,1H3. The highest BCUT2D eigenvalue weighted by molar-refractivity contribution is 5.48. The molecule has 1 saturated carbocycles. The van der Waals surface area contributed by atoms with Crippen molar-refractivity contribution in [3.8, 4) is 11.5 Å². The van der Waals surface area contributed by atoms with Crippen LogP contribution in [0.4, 0.5) is 4.39 Å². The van der Waals surface area contributed by atoms with E-state index in [9.17, 15) is 9.50 Å². The van der Waals surface area contributed by atoms with Crippen LogP contribution in [-0.4, -0.2) is 12.2 Å². The van der Waals surface area contributed by atoms with Gasteiger partial charge in [0.25, 0.3) is 0 Å². The summed E-state index contributed by atoms with van der Waals surface area (Å²) in [6, 6.07) is 2.85. The van der Waals surface area contributed by atoms with Crippen molar-refractivity contribution in [1.82, 2.24) is 0 Å². The molecule has 1 aromatic carbocycles. The number of phenols is 1. The summed E-state index contributed by atoms with van der Waals surface area (Å²) in [7, 11) is 1.48. The third kappa shape index (κ3) is 1.99. The van der Waals surface area contributed by atoms with Crippen molar-refractivity contribution in [3.63, 3.8) is 0 Å². The SMILES string of the molecule is COc1ccc(F)c(C2CCCCC2)c1O. The van der Waals surface area contributed by atoms with Crippen molar-refractivity contribution in [2.75, 3.05) is 7.11 Å². The number of hydrogen-bond donors (Lipinski definition) is 1. The van der Waals surface area contributed by atoms with Gasteiger partial charge >= 0.3 is 0 Å². The summed E-state index contributed by atoms with van der Waals surface area (Å²) in [5.41, 5.74) is 0.444. The maximum absolute atomic E-state index is 13.7. The minimum atomic E-state index is -0.315. The average molecular weight is 224 g/mol. The summed E-state index contributed by atoms with van der Waals surface area (Å²) in [5.74, 6) is 0.172. The minimum Gasteiger partial charge on any atom is -0.504 e. The van der Waals surface area contributed by atoms with E-state index in [4.69, 9.17) is 4.74 Å². The Morgan fingerprint density at radius 1 is 1.25 bits per heavy atom. The van der Waals surface area contributed by atoms with E-state index in [1.807, 2.05) is 0 Å². The average Bonchev–Trinajstić information content (AvgIpc) is 2.31. The van der Waals surface area contributed by atoms with Gasteiger partial charge in [-0.15, -0.1) is 0 Å². The zero-order valence-corrected chi connectivity index (χ0v) is 9.50. The lowest BCUT2D eigenvalue weighted by atomic mass is 9.83. The van der Waals surface area contributed by atoms with Crippen LogP contribution in [0.3, 0.4) is 0 Å². The fraction of sp³-hybridized carbons (Fsp3) is 0.538. The van der Waals surface area contributed by atoms with Gasteiger partial charge in [-0.3, -0.25) is 0 Å². The van der Waals surface area contributed by atoms with Crippen LogP contribution in [0, 0.1) is 5.82 Å². The largest absolute Gasteiger partial charge is 0.504 e. The lowest BCUT2D eigenvalue weighted by Gasteiger charge is -2.23. The monoisotopic (exact) mass is 224 g/mol. The molecule has 0 atom stereocenters. The first-order valence-electron chi connectivity index (χ1n) is 5.79. The molecule has 0 spiro atoms. The highest BCUT2D eigenvalue weighted by atomic mass is 19.1. The molecule has 2 nitrogen and oxygen atoms in total. The fourth-order valence-corrected chi connectivity index (χ4v) is 2.51. The van der Waals surface area contributed by atoms with Crippen LogP contribution >= 0.6 is 0 Å². The Balaban J connectivity index is 2.37. The minimum absolute atomic E-state index is 0.0191. The molecule has 1 N–H and O–H groups in total. The van der Waals surface area contributed by atoms with E-state index in [-0.39, 0.29) is 17.5 Å². The first kappa shape index (κ1) is 11.2. The molecule has 0 heterocycles. The molecule has 88 valence electrons. The molecule has 0 amide bonds. The van der Waals surface area contributed by atoms with Crippen molar-refractivity contribution in [3.05, 3.63) is 23.5 Å². The topological polar surface area (TPSA) is 29.5 Å². The summed E-state index contributed by atoms with van der Waals surface area (Å²) in [6.45, 7) is 0. The van der Waals surface area contributed by atoms with Crippen LogP contribution in [0.25, 0.3) is 0 Å². The van der Waals surface area contributed by atoms with Gasteiger partial charge in [-0.1, -0.05) is 19.3 Å². The lowest BCUT2D eigenvalue weighted by molar-refractivity contribution is 0.354. The Bertz CT molecular complexity index is 370. The van der Waals surface area contributed by atoms with Crippen LogP contribution in [0.1, 0.15) is 43.6 Å². The summed E-state index contributed by atoms with van der Waals surface area (Å²) in [5, 5.41) is 9.96. The smallest absolute Gasteiger partial charge is 0.164 e. The molecule has 0 bridgehead atoms. The first-order chi connectivity index (χ1) is 7.74. The Morgan fingerprint density at radius 3 is 2.56 bits per heavy atom. The van der Waals surface area contributed by atoms with Gasteiger partial charge in [0.2, 0.25) is 0 Å².